The largest absolute Gasteiger partial charge is 0.382 e. The molecule has 0 unspecified atom stereocenters. The highest BCUT2D eigenvalue weighted by Gasteiger charge is 2.13. The standard InChI is InChI=1S/C13H19N/c1-2-11-7-9-13(10-8-11)14-12-5-3-4-6-12/h7-10,12,14H,2-6H2,1H3. The van der Waals surface area contributed by atoms with Crippen LogP contribution in [0.4, 0.5) is 5.69 Å². The van der Waals surface area contributed by atoms with E-state index < -0.39 is 0 Å². The van der Waals surface area contributed by atoms with Crippen molar-refractivity contribution in [2.75, 3.05) is 5.32 Å². The van der Waals surface area contributed by atoms with Crippen LogP contribution >= 0.6 is 0 Å². The molecule has 1 heteroatoms. The Hall–Kier alpha value is -0.980. The first-order valence-corrected chi connectivity index (χ1v) is 5.74. The van der Waals surface area contributed by atoms with Crippen LogP contribution in [0.3, 0.4) is 0 Å². The van der Waals surface area contributed by atoms with Gasteiger partial charge in [-0.2, -0.15) is 0 Å². The van der Waals surface area contributed by atoms with Crippen molar-refractivity contribution in [1.29, 1.82) is 0 Å². The predicted octanol–water partition coefficient (Wildman–Crippen LogP) is 3.60. The number of anilines is 1. The van der Waals surface area contributed by atoms with E-state index in [1.807, 2.05) is 0 Å². The molecule has 1 saturated carbocycles. The van der Waals surface area contributed by atoms with Crippen molar-refractivity contribution in [3.8, 4) is 0 Å². The number of hydrogen-bond donors (Lipinski definition) is 1. The zero-order valence-electron chi connectivity index (χ0n) is 8.92. The van der Waals surface area contributed by atoms with Crippen LogP contribution in [0, 0.1) is 0 Å². The third-order valence-electron chi connectivity index (χ3n) is 3.09. The molecule has 0 aliphatic heterocycles. The molecule has 0 amide bonds. The second-order valence-corrected chi connectivity index (χ2v) is 4.18. The summed E-state index contributed by atoms with van der Waals surface area (Å²) in [6, 6.07) is 9.57. The van der Waals surface area contributed by atoms with E-state index in [1.54, 1.807) is 0 Å². The Morgan fingerprint density at radius 2 is 1.79 bits per heavy atom. The molecule has 1 fully saturated rings. The van der Waals surface area contributed by atoms with E-state index in [1.165, 1.54) is 36.9 Å². The molecule has 0 heterocycles. The molecule has 2 rings (SSSR count). The van der Waals surface area contributed by atoms with E-state index >= 15 is 0 Å². The van der Waals surface area contributed by atoms with Crippen molar-refractivity contribution >= 4 is 5.69 Å². The second-order valence-electron chi connectivity index (χ2n) is 4.18. The highest BCUT2D eigenvalue weighted by Crippen LogP contribution is 2.22. The molecule has 14 heavy (non-hydrogen) atoms. The van der Waals surface area contributed by atoms with Gasteiger partial charge in [-0.3, -0.25) is 0 Å². The minimum absolute atomic E-state index is 0.725. The molecule has 1 aromatic rings. The molecule has 0 bridgehead atoms. The third-order valence-corrected chi connectivity index (χ3v) is 3.09. The van der Waals surface area contributed by atoms with Gasteiger partial charge in [0.25, 0.3) is 0 Å². The van der Waals surface area contributed by atoms with Crippen LogP contribution in [0.15, 0.2) is 24.3 Å². The highest BCUT2D eigenvalue weighted by atomic mass is 14.9. The van der Waals surface area contributed by atoms with Crippen molar-refractivity contribution in [3.63, 3.8) is 0 Å². The Labute approximate surface area is 86.5 Å². The van der Waals surface area contributed by atoms with E-state index in [0.29, 0.717) is 0 Å². The van der Waals surface area contributed by atoms with E-state index in [9.17, 15) is 0 Å². The maximum Gasteiger partial charge on any atom is 0.0342 e. The summed E-state index contributed by atoms with van der Waals surface area (Å²) in [6.07, 6.45) is 6.60. The number of nitrogens with one attached hydrogen (secondary N) is 1. The van der Waals surface area contributed by atoms with Gasteiger partial charge < -0.3 is 5.32 Å². The van der Waals surface area contributed by atoms with Gasteiger partial charge in [-0.05, 0) is 37.0 Å². The molecule has 0 radical (unpaired) electrons. The Balaban J connectivity index is 1.95. The van der Waals surface area contributed by atoms with Crippen LogP contribution in [-0.2, 0) is 6.42 Å². The van der Waals surface area contributed by atoms with Crippen molar-refractivity contribution in [3.05, 3.63) is 29.8 Å². The topological polar surface area (TPSA) is 12.0 Å². The summed E-state index contributed by atoms with van der Waals surface area (Å²) >= 11 is 0. The van der Waals surface area contributed by atoms with Crippen molar-refractivity contribution in [1.82, 2.24) is 0 Å². The SMILES string of the molecule is CCc1ccc(NC2CCCC2)cc1. The monoisotopic (exact) mass is 189 g/mol. The average Bonchev–Trinajstić information content (AvgIpc) is 2.72. The van der Waals surface area contributed by atoms with Crippen LogP contribution < -0.4 is 5.32 Å². The zero-order chi connectivity index (χ0) is 9.80. The molecular formula is C13H19N. The number of hydrogen-bond acceptors (Lipinski definition) is 1. The average molecular weight is 189 g/mol. The van der Waals surface area contributed by atoms with Gasteiger partial charge in [0.15, 0.2) is 0 Å². The number of rotatable bonds is 3. The summed E-state index contributed by atoms with van der Waals surface area (Å²) < 4.78 is 0. The lowest BCUT2D eigenvalue weighted by atomic mass is 10.1. The third kappa shape index (κ3) is 2.28. The summed E-state index contributed by atoms with van der Waals surface area (Å²) in [5.41, 5.74) is 2.70. The summed E-state index contributed by atoms with van der Waals surface area (Å²) in [4.78, 5) is 0. The van der Waals surface area contributed by atoms with Crippen molar-refractivity contribution in [2.45, 2.75) is 45.1 Å². The highest BCUT2D eigenvalue weighted by molar-refractivity contribution is 5.45. The maximum absolute atomic E-state index is 3.59. The maximum atomic E-state index is 3.59. The molecule has 1 aliphatic rings. The van der Waals surface area contributed by atoms with Crippen LogP contribution in [0.1, 0.15) is 38.2 Å². The molecule has 1 aliphatic carbocycles. The number of benzene rings is 1. The lowest BCUT2D eigenvalue weighted by Crippen LogP contribution is -2.14. The fraction of sp³-hybridized carbons (Fsp3) is 0.538. The molecule has 0 saturated heterocycles. The van der Waals surface area contributed by atoms with Gasteiger partial charge in [-0.25, -0.2) is 0 Å². The quantitative estimate of drug-likeness (QED) is 0.766. The summed E-state index contributed by atoms with van der Waals surface area (Å²) in [7, 11) is 0. The van der Waals surface area contributed by atoms with Gasteiger partial charge in [0.1, 0.15) is 0 Å². The molecule has 0 spiro atoms. The van der Waals surface area contributed by atoms with E-state index in [2.05, 4.69) is 36.5 Å². The van der Waals surface area contributed by atoms with Crippen LogP contribution in [0.5, 0.6) is 0 Å². The van der Waals surface area contributed by atoms with Crippen LogP contribution in [0.2, 0.25) is 0 Å². The fourth-order valence-electron chi connectivity index (χ4n) is 2.14. The summed E-state index contributed by atoms with van der Waals surface area (Å²) in [5.74, 6) is 0. The lowest BCUT2D eigenvalue weighted by Gasteiger charge is -2.13. The number of aryl methyl sites for hydroxylation is 1. The molecule has 1 aromatic carbocycles. The molecule has 76 valence electrons. The minimum Gasteiger partial charge on any atom is -0.382 e. The van der Waals surface area contributed by atoms with Gasteiger partial charge in [-0.15, -0.1) is 0 Å². The van der Waals surface area contributed by atoms with Gasteiger partial charge in [0.2, 0.25) is 0 Å². The normalized spacial score (nSPS) is 17.2. The predicted molar refractivity (Wildman–Crippen MR) is 61.7 cm³/mol. The smallest absolute Gasteiger partial charge is 0.0342 e. The second kappa shape index (κ2) is 4.50. The van der Waals surface area contributed by atoms with Gasteiger partial charge in [-0.1, -0.05) is 31.9 Å². The van der Waals surface area contributed by atoms with Gasteiger partial charge >= 0.3 is 0 Å². The van der Waals surface area contributed by atoms with Crippen molar-refractivity contribution in [2.24, 2.45) is 0 Å². The Morgan fingerprint density at radius 3 is 2.36 bits per heavy atom. The van der Waals surface area contributed by atoms with E-state index in [0.717, 1.165) is 12.5 Å². The van der Waals surface area contributed by atoms with Crippen LogP contribution in [0.25, 0.3) is 0 Å². The van der Waals surface area contributed by atoms with E-state index in [-0.39, 0.29) is 0 Å². The molecule has 0 aromatic heterocycles. The van der Waals surface area contributed by atoms with Crippen molar-refractivity contribution < 1.29 is 0 Å². The van der Waals surface area contributed by atoms with E-state index in [4.69, 9.17) is 0 Å². The first kappa shape index (κ1) is 9.57. The first-order valence-electron chi connectivity index (χ1n) is 5.74. The summed E-state index contributed by atoms with van der Waals surface area (Å²) in [6.45, 7) is 2.19. The minimum atomic E-state index is 0.725. The Morgan fingerprint density at radius 1 is 1.14 bits per heavy atom. The van der Waals surface area contributed by atoms with Crippen LogP contribution in [-0.4, -0.2) is 6.04 Å². The Bertz CT molecular complexity index is 270. The van der Waals surface area contributed by atoms with Gasteiger partial charge in [0, 0.05) is 11.7 Å². The van der Waals surface area contributed by atoms with Gasteiger partial charge in [0.05, 0.1) is 0 Å². The first-order chi connectivity index (χ1) is 6.88. The molecule has 1 nitrogen and oxygen atoms in total. The zero-order valence-corrected chi connectivity index (χ0v) is 8.92. The molecule has 1 N–H and O–H groups in total. The fourth-order valence-corrected chi connectivity index (χ4v) is 2.14. The lowest BCUT2D eigenvalue weighted by molar-refractivity contribution is 0.755. The summed E-state index contributed by atoms with van der Waals surface area (Å²) in [5, 5.41) is 3.59. The molecule has 0 atom stereocenters. The Kier molecular flexibility index (Phi) is 3.07. The molecular weight excluding hydrogens is 170 g/mol.